The maximum Gasteiger partial charge on any atom is 0.224 e. The van der Waals surface area contributed by atoms with E-state index in [1.807, 2.05) is 36.4 Å². The van der Waals surface area contributed by atoms with Crippen molar-refractivity contribution in [1.82, 2.24) is 9.97 Å². The number of hydrogen-bond acceptors (Lipinski definition) is 4. The monoisotopic (exact) mass is 295 g/mol. The molecule has 0 spiro atoms. The lowest BCUT2D eigenvalue weighted by molar-refractivity contribution is 0.461. The van der Waals surface area contributed by atoms with E-state index in [4.69, 9.17) is 4.74 Å². The van der Waals surface area contributed by atoms with Crippen LogP contribution in [0.15, 0.2) is 42.7 Å². The Hall–Kier alpha value is -2.10. The van der Waals surface area contributed by atoms with Crippen LogP contribution in [-0.4, -0.2) is 16.0 Å². The average Bonchev–Trinajstić information content (AvgIpc) is 3.09. The number of hydrogen-bond donors (Lipinski definition) is 1. The van der Waals surface area contributed by atoms with Crippen molar-refractivity contribution in [3.05, 3.63) is 42.7 Å². The number of para-hydroxylation sites is 1. The number of nitrogens with one attached hydrogen (secondary N) is 1. The maximum atomic E-state index is 5.76. The van der Waals surface area contributed by atoms with Crippen LogP contribution in [0.25, 0.3) is 0 Å². The molecule has 1 aromatic carbocycles. The maximum absolute atomic E-state index is 5.76. The van der Waals surface area contributed by atoms with Crippen molar-refractivity contribution in [2.45, 2.75) is 38.1 Å². The van der Waals surface area contributed by atoms with Gasteiger partial charge in [0.1, 0.15) is 17.9 Å². The molecule has 0 amide bonds. The fourth-order valence-corrected chi connectivity index (χ4v) is 3.56. The van der Waals surface area contributed by atoms with Crippen LogP contribution in [-0.2, 0) is 0 Å². The molecule has 2 unspecified atom stereocenters. The van der Waals surface area contributed by atoms with Gasteiger partial charge < -0.3 is 10.1 Å². The minimum Gasteiger partial charge on any atom is -0.439 e. The summed E-state index contributed by atoms with van der Waals surface area (Å²) in [4.78, 5) is 8.51. The van der Waals surface area contributed by atoms with Gasteiger partial charge in [0.25, 0.3) is 0 Å². The van der Waals surface area contributed by atoms with Crippen LogP contribution >= 0.6 is 0 Å². The Morgan fingerprint density at radius 1 is 1.05 bits per heavy atom. The summed E-state index contributed by atoms with van der Waals surface area (Å²) in [6, 6.07) is 12.2. The third-order valence-corrected chi connectivity index (χ3v) is 4.79. The van der Waals surface area contributed by atoms with Crippen LogP contribution in [0.1, 0.15) is 32.1 Å². The van der Waals surface area contributed by atoms with Crippen LogP contribution in [0.2, 0.25) is 0 Å². The van der Waals surface area contributed by atoms with Gasteiger partial charge >= 0.3 is 0 Å². The molecule has 2 saturated carbocycles. The largest absolute Gasteiger partial charge is 0.439 e. The standard InChI is InChI=1S/C18H21N3O/c1-2-8-14(9-3-1)22-18-11-17(19-12-20-18)21-16-10-15(16)13-6-4-5-7-13/h1-3,8-9,11-13,15-16H,4-7,10H2,(H,19,20,21). The number of rotatable bonds is 5. The third kappa shape index (κ3) is 3.06. The van der Waals surface area contributed by atoms with Crippen LogP contribution in [0.5, 0.6) is 11.6 Å². The van der Waals surface area contributed by atoms with E-state index >= 15 is 0 Å². The predicted molar refractivity (Wildman–Crippen MR) is 86.0 cm³/mol. The van der Waals surface area contributed by atoms with Gasteiger partial charge in [-0.2, -0.15) is 0 Å². The zero-order chi connectivity index (χ0) is 14.8. The normalized spacial score (nSPS) is 24.2. The minimum absolute atomic E-state index is 0.585. The Bertz CT molecular complexity index is 625. The summed E-state index contributed by atoms with van der Waals surface area (Å²) >= 11 is 0. The van der Waals surface area contributed by atoms with E-state index in [2.05, 4.69) is 15.3 Å². The van der Waals surface area contributed by atoms with E-state index in [1.165, 1.54) is 32.1 Å². The van der Waals surface area contributed by atoms with Crippen molar-refractivity contribution in [3.8, 4) is 11.6 Å². The van der Waals surface area contributed by atoms with E-state index in [9.17, 15) is 0 Å². The summed E-state index contributed by atoms with van der Waals surface area (Å²) < 4.78 is 5.76. The first-order chi connectivity index (χ1) is 10.9. The van der Waals surface area contributed by atoms with Crippen molar-refractivity contribution >= 4 is 5.82 Å². The number of nitrogens with zero attached hydrogens (tertiary/aromatic N) is 2. The van der Waals surface area contributed by atoms with Crippen LogP contribution in [0, 0.1) is 11.8 Å². The molecule has 4 nitrogen and oxygen atoms in total. The van der Waals surface area contributed by atoms with E-state index in [1.54, 1.807) is 6.33 Å². The highest BCUT2D eigenvalue weighted by atomic mass is 16.5. The average molecular weight is 295 g/mol. The fourth-order valence-electron chi connectivity index (χ4n) is 3.56. The predicted octanol–water partition coefficient (Wildman–Crippen LogP) is 4.26. The molecule has 0 aliphatic heterocycles. The molecule has 2 atom stereocenters. The smallest absolute Gasteiger partial charge is 0.224 e. The summed E-state index contributed by atoms with van der Waals surface area (Å²) in [5.41, 5.74) is 0. The zero-order valence-electron chi connectivity index (χ0n) is 12.6. The van der Waals surface area contributed by atoms with Crippen molar-refractivity contribution < 1.29 is 4.74 Å². The lowest BCUT2D eigenvalue weighted by Gasteiger charge is -2.10. The van der Waals surface area contributed by atoms with Crippen molar-refractivity contribution in [3.63, 3.8) is 0 Å². The van der Waals surface area contributed by atoms with Gasteiger partial charge in [-0.15, -0.1) is 0 Å². The first kappa shape index (κ1) is 13.6. The van der Waals surface area contributed by atoms with E-state index in [0.717, 1.165) is 23.4 Å². The Morgan fingerprint density at radius 2 is 1.86 bits per heavy atom. The fraction of sp³-hybridized carbons (Fsp3) is 0.444. The molecule has 0 bridgehead atoms. The summed E-state index contributed by atoms with van der Waals surface area (Å²) in [6.07, 6.45) is 8.49. The molecule has 2 aromatic rings. The SMILES string of the molecule is c1ccc(Oc2cc(NC3CC3C3CCCC3)ncn2)cc1. The number of aromatic nitrogens is 2. The summed E-state index contributed by atoms with van der Waals surface area (Å²) in [6.45, 7) is 0. The molecule has 0 saturated heterocycles. The Balaban J connectivity index is 1.38. The molecule has 114 valence electrons. The highest BCUT2D eigenvalue weighted by Crippen LogP contribution is 2.46. The third-order valence-electron chi connectivity index (χ3n) is 4.79. The minimum atomic E-state index is 0.585. The van der Waals surface area contributed by atoms with Gasteiger partial charge in [-0.05, 0) is 30.4 Å². The zero-order valence-corrected chi connectivity index (χ0v) is 12.6. The molecular formula is C18H21N3O. The molecule has 2 fully saturated rings. The van der Waals surface area contributed by atoms with Crippen molar-refractivity contribution in [1.29, 1.82) is 0 Å². The molecule has 2 aliphatic carbocycles. The van der Waals surface area contributed by atoms with E-state index < -0.39 is 0 Å². The molecular weight excluding hydrogens is 274 g/mol. The highest BCUT2D eigenvalue weighted by molar-refractivity contribution is 5.41. The van der Waals surface area contributed by atoms with Gasteiger partial charge in [0.2, 0.25) is 5.88 Å². The summed E-state index contributed by atoms with van der Waals surface area (Å²) in [7, 11) is 0. The Kier molecular flexibility index (Phi) is 3.67. The van der Waals surface area contributed by atoms with Gasteiger partial charge in [-0.25, -0.2) is 9.97 Å². The highest BCUT2D eigenvalue weighted by Gasteiger charge is 2.43. The summed E-state index contributed by atoms with van der Waals surface area (Å²) in [5, 5.41) is 3.54. The molecule has 1 heterocycles. The van der Waals surface area contributed by atoms with Crippen molar-refractivity contribution in [2.75, 3.05) is 5.32 Å². The van der Waals surface area contributed by atoms with Gasteiger partial charge in [0.05, 0.1) is 0 Å². The molecule has 1 aromatic heterocycles. The molecule has 0 radical (unpaired) electrons. The second-order valence-corrected chi connectivity index (χ2v) is 6.35. The van der Waals surface area contributed by atoms with Gasteiger partial charge in [-0.3, -0.25) is 0 Å². The quantitative estimate of drug-likeness (QED) is 0.895. The lowest BCUT2D eigenvalue weighted by Crippen LogP contribution is -2.10. The lowest BCUT2D eigenvalue weighted by atomic mass is 10.0. The Labute approximate surface area is 130 Å². The first-order valence-electron chi connectivity index (χ1n) is 8.20. The van der Waals surface area contributed by atoms with Gasteiger partial charge in [-0.1, -0.05) is 43.9 Å². The molecule has 22 heavy (non-hydrogen) atoms. The van der Waals surface area contributed by atoms with Gasteiger partial charge in [0.15, 0.2) is 0 Å². The second kappa shape index (κ2) is 5.95. The number of benzene rings is 1. The second-order valence-electron chi connectivity index (χ2n) is 6.35. The van der Waals surface area contributed by atoms with Crippen LogP contribution < -0.4 is 10.1 Å². The van der Waals surface area contributed by atoms with Crippen molar-refractivity contribution in [2.24, 2.45) is 11.8 Å². The van der Waals surface area contributed by atoms with E-state index in [0.29, 0.717) is 11.9 Å². The van der Waals surface area contributed by atoms with Gasteiger partial charge in [0, 0.05) is 12.1 Å². The topological polar surface area (TPSA) is 47.0 Å². The van der Waals surface area contributed by atoms with Crippen LogP contribution in [0.3, 0.4) is 0 Å². The molecule has 4 rings (SSSR count). The molecule has 4 heteroatoms. The molecule has 1 N–H and O–H groups in total. The van der Waals surface area contributed by atoms with Crippen LogP contribution in [0.4, 0.5) is 5.82 Å². The van der Waals surface area contributed by atoms with E-state index in [-0.39, 0.29) is 0 Å². The Morgan fingerprint density at radius 3 is 2.68 bits per heavy atom. The number of ether oxygens (including phenoxy) is 1. The first-order valence-corrected chi connectivity index (χ1v) is 8.20. The number of anilines is 1. The summed E-state index contributed by atoms with van der Waals surface area (Å²) in [5.74, 6) is 4.02. The molecule has 2 aliphatic rings.